The van der Waals surface area contributed by atoms with Gasteiger partial charge in [-0.05, 0) is 0 Å². The van der Waals surface area contributed by atoms with Crippen LogP contribution in [-0.4, -0.2) is 58.9 Å². The molecule has 1 aliphatic heterocycles. The summed E-state index contributed by atoms with van der Waals surface area (Å²) in [5.41, 5.74) is 0. The summed E-state index contributed by atoms with van der Waals surface area (Å²) in [6.07, 6.45) is 0. The zero-order chi connectivity index (χ0) is 11.4. The second kappa shape index (κ2) is 6.01. The van der Waals surface area contributed by atoms with Gasteiger partial charge in [0, 0.05) is 39.6 Å². The Bertz CT molecular complexity index is 222. The van der Waals surface area contributed by atoms with Gasteiger partial charge >= 0.3 is 0 Å². The predicted molar refractivity (Wildman–Crippen MR) is 62.2 cm³/mol. The molecule has 0 bridgehead atoms. The van der Waals surface area contributed by atoms with E-state index in [1.165, 1.54) is 0 Å². The van der Waals surface area contributed by atoms with Gasteiger partial charge in [-0.15, -0.1) is 11.6 Å². The number of carbonyl (C=O) groups is 1. The lowest BCUT2D eigenvalue weighted by Gasteiger charge is -2.35. The molecule has 2 unspecified atom stereocenters. The Balaban J connectivity index is 2.28. The number of alkyl halides is 3. The van der Waals surface area contributed by atoms with Crippen LogP contribution in [0, 0.1) is 0 Å². The lowest BCUT2D eigenvalue weighted by atomic mass is 10.3. The molecule has 1 fully saturated rings. The quantitative estimate of drug-likeness (QED) is 0.737. The molecule has 0 aromatic heterocycles. The van der Waals surface area contributed by atoms with Crippen molar-refractivity contribution in [3.8, 4) is 0 Å². The number of hydrogen-bond acceptors (Lipinski definition) is 2. The Kier molecular flexibility index (Phi) is 5.29. The van der Waals surface area contributed by atoms with Gasteiger partial charge in [0.15, 0.2) is 5.08 Å². The monoisotopic (exact) mass is 300 g/mol. The first-order valence-corrected chi connectivity index (χ1v) is 6.26. The lowest BCUT2D eigenvalue weighted by Crippen LogP contribution is -2.49. The van der Waals surface area contributed by atoms with Crippen molar-refractivity contribution in [2.24, 2.45) is 0 Å². The molecule has 1 rings (SSSR count). The Morgan fingerprint density at radius 2 is 2.00 bits per heavy atom. The van der Waals surface area contributed by atoms with E-state index in [9.17, 15) is 9.18 Å². The van der Waals surface area contributed by atoms with E-state index in [4.69, 9.17) is 11.6 Å². The van der Waals surface area contributed by atoms with E-state index in [2.05, 4.69) is 20.8 Å². The first-order chi connectivity index (χ1) is 7.00. The van der Waals surface area contributed by atoms with Gasteiger partial charge in [0.05, 0.1) is 5.38 Å². The van der Waals surface area contributed by atoms with Crippen molar-refractivity contribution < 1.29 is 9.18 Å². The van der Waals surface area contributed by atoms with Gasteiger partial charge in [0.1, 0.15) is 0 Å². The van der Waals surface area contributed by atoms with Gasteiger partial charge in [0.2, 0.25) is 5.91 Å². The Morgan fingerprint density at radius 3 is 2.40 bits per heavy atom. The van der Waals surface area contributed by atoms with Gasteiger partial charge in [-0.1, -0.05) is 15.9 Å². The molecular formula is C9H15BrClFN2O. The molecular weight excluding hydrogens is 286 g/mol. The van der Waals surface area contributed by atoms with Crippen molar-refractivity contribution >= 4 is 33.4 Å². The summed E-state index contributed by atoms with van der Waals surface area (Å²) >= 11 is 8.62. The van der Waals surface area contributed by atoms with Crippen LogP contribution in [0.2, 0.25) is 0 Å². The molecule has 0 radical (unpaired) electrons. The molecule has 1 amide bonds. The van der Waals surface area contributed by atoms with E-state index in [1.54, 1.807) is 11.8 Å². The van der Waals surface area contributed by atoms with Crippen molar-refractivity contribution in [1.82, 2.24) is 9.80 Å². The standard InChI is InChI=1S/C9H15BrClFN2O/c1-7(15)14-4-2-13(3-5-14)6-8(11)9(10)12/h8-9H,2-6H2,1H3. The molecule has 0 N–H and O–H groups in total. The fourth-order valence-corrected chi connectivity index (χ4v) is 1.93. The van der Waals surface area contributed by atoms with Crippen molar-refractivity contribution in [1.29, 1.82) is 0 Å². The van der Waals surface area contributed by atoms with Crippen LogP contribution >= 0.6 is 27.5 Å². The summed E-state index contributed by atoms with van der Waals surface area (Å²) in [5, 5.41) is -1.71. The minimum Gasteiger partial charge on any atom is -0.340 e. The Labute approximate surface area is 103 Å². The SMILES string of the molecule is CC(=O)N1CCN(CC(Cl)C(F)Br)CC1. The number of amides is 1. The molecule has 0 aliphatic carbocycles. The van der Waals surface area contributed by atoms with Crippen LogP contribution in [0.1, 0.15) is 6.92 Å². The fraction of sp³-hybridized carbons (Fsp3) is 0.889. The number of carbonyl (C=O) groups excluding carboxylic acids is 1. The molecule has 15 heavy (non-hydrogen) atoms. The second-order valence-electron chi connectivity index (χ2n) is 3.66. The molecule has 3 nitrogen and oxygen atoms in total. The van der Waals surface area contributed by atoms with E-state index in [-0.39, 0.29) is 5.91 Å². The summed E-state index contributed by atoms with van der Waals surface area (Å²) < 4.78 is 12.7. The van der Waals surface area contributed by atoms with Gasteiger partial charge in [-0.2, -0.15) is 0 Å². The van der Waals surface area contributed by atoms with Gasteiger partial charge < -0.3 is 4.90 Å². The third kappa shape index (κ3) is 4.25. The zero-order valence-corrected chi connectivity index (χ0v) is 11.0. The highest BCUT2D eigenvalue weighted by molar-refractivity contribution is 9.09. The van der Waals surface area contributed by atoms with Crippen molar-refractivity contribution in [3.05, 3.63) is 0 Å². The van der Waals surface area contributed by atoms with Crippen LogP contribution in [0.4, 0.5) is 4.39 Å². The molecule has 6 heteroatoms. The van der Waals surface area contributed by atoms with Crippen LogP contribution in [0.5, 0.6) is 0 Å². The summed E-state index contributed by atoms with van der Waals surface area (Å²) in [7, 11) is 0. The van der Waals surface area contributed by atoms with Gasteiger partial charge in [0.25, 0.3) is 0 Å². The average molecular weight is 302 g/mol. The highest BCUT2D eigenvalue weighted by atomic mass is 79.9. The second-order valence-corrected chi connectivity index (χ2v) is 5.09. The van der Waals surface area contributed by atoms with Crippen LogP contribution < -0.4 is 0 Å². The highest BCUT2D eigenvalue weighted by Gasteiger charge is 2.23. The topological polar surface area (TPSA) is 23.6 Å². The molecule has 2 atom stereocenters. The maximum atomic E-state index is 12.7. The summed E-state index contributed by atoms with van der Waals surface area (Å²) in [5.74, 6) is 0.0981. The van der Waals surface area contributed by atoms with Gasteiger partial charge in [-0.25, -0.2) is 4.39 Å². The van der Waals surface area contributed by atoms with Crippen molar-refractivity contribution in [2.75, 3.05) is 32.7 Å². The van der Waals surface area contributed by atoms with E-state index in [0.717, 1.165) is 13.1 Å². The molecule has 1 aliphatic rings. The van der Waals surface area contributed by atoms with Crippen molar-refractivity contribution in [2.45, 2.75) is 17.4 Å². The summed E-state index contributed by atoms with van der Waals surface area (Å²) in [6.45, 7) is 5.03. The van der Waals surface area contributed by atoms with Crippen LogP contribution in [0.25, 0.3) is 0 Å². The van der Waals surface area contributed by atoms with Crippen LogP contribution in [0.3, 0.4) is 0 Å². The fourth-order valence-electron chi connectivity index (χ4n) is 1.57. The minimum absolute atomic E-state index is 0.0981. The first kappa shape index (κ1) is 13.2. The molecule has 0 spiro atoms. The van der Waals surface area contributed by atoms with Crippen LogP contribution in [-0.2, 0) is 4.79 Å². The molecule has 0 aromatic carbocycles. The summed E-state index contributed by atoms with van der Waals surface area (Å²) in [6, 6.07) is 0. The number of nitrogens with zero attached hydrogens (tertiary/aromatic N) is 2. The van der Waals surface area contributed by atoms with Crippen molar-refractivity contribution in [3.63, 3.8) is 0 Å². The third-order valence-corrected chi connectivity index (χ3v) is 3.83. The minimum atomic E-state index is -1.18. The predicted octanol–water partition coefficient (Wildman–Crippen LogP) is 1.45. The number of hydrogen-bond donors (Lipinski definition) is 0. The Morgan fingerprint density at radius 1 is 1.47 bits per heavy atom. The summed E-state index contributed by atoms with van der Waals surface area (Å²) in [4.78, 5) is 14.9. The largest absolute Gasteiger partial charge is 0.340 e. The number of rotatable bonds is 3. The Hall–Kier alpha value is 0.130. The van der Waals surface area contributed by atoms with Crippen LogP contribution in [0.15, 0.2) is 0 Å². The molecule has 1 saturated heterocycles. The molecule has 88 valence electrons. The van der Waals surface area contributed by atoms with E-state index < -0.39 is 10.5 Å². The normalized spacial score (nSPS) is 22.5. The van der Waals surface area contributed by atoms with E-state index >= 15 is 0 Å². The molecule has 0 saturated carbocycles. The molecule has 1 heterocycles. The third-order valence-electron chi connectivity index (χ3n) is 2.52. The number of halogens is 3. The smallest absolute Gasteiger partial charge is 0.219 e. The first-order valence-electron chi connectivity index (χ1n) is 4.91. The lowest BCUT2D eigenvalue weighted by molar-refractivity contribution is -0.130. The maximum Gasteiger partial charge on any atom is 0.219 e. The highest BCUT2D eigenvalue weighted by Crippen LogP contribution is 2.15. The molecule has 0 aromatic rings. The zero-order valence-electron chi connectivity index (χ0n) is 8.63. The number of piperazine rings is 1. The average Bonchev–Trinajstić information content (AvgIpc) is 2.18. The van der Waals surface area contributed by atoms with E-state index in [0.29, 0.717) is 19.6 Å². The maximum absolute atomic E-state index is 12.7. The van der Waals surface area contributed by atoms with Gasteiger partial charge in [-0.3, -0.25) is 9.69 Å². The van der Waals surface area contributed by atoms with E-state index in [1.807, 2.05) is 0 Å².